The van der Waals surface area contributed by atoms with Gasteiger partial charge in [-0.05, 0) is 12.1 Å². The van der Waals surface area contributed by atoms with Gasteiger partial charge in [-0.1, -0.05) is 39.0 Å². The SMILES string of the molecule is CC(C)(C)c1[nH]ncc1CNC[C@H](O)COc1ccccc1. The molecule has 0 aliphatic rings. The van der Waals surface area contributed by atoms with E-state index in [1.54, 1.807) is 0 Å². The van der Waals surface area contributed by atoms with Gasteiger partial charge in [0.05, 0.1) is 6.20 Å². The molecule has 5 heteroatoms. The zero-order valence-corrected chi connectivity index (χ0v) is 13.5. The maximum atomic E-state index is 9.96. The summed E-state index contributed by atoms with van der Waals surface area (Å²) < 4.78 is 5.53. The molecule has 0 spiro atoms. The zero-order valence-electron chi connectivity index (χ0n) is 13.5. The molecule has 0 amide bonds. The molecule has 0 saturated heterocycles. The highest BCUT2D eigenvalue weighted by atomic mass is 16.5. The van der Waals surface area contributed by atoms with Crippen molar-refractivity contribution >= 4 is 0 Å². The quantitative estimate of drug-likeness (QED) is 0.733. The number of benzene rings is 1. The second-order valence-electron chi connectivity index (χ2n) is 6.43. The number of hydrogen-bond acceptors (Lipinski definition) is 4. The van der Waals surface area contributed by atoms with Crippen molar-refractivity contribution in [3.63, 3.8) is 0 Å². The summed E-state index contributed by atoms with van der Waals surface area (Å²) in [6, 6.07) is 9.50. The van der Waals surface area contributed by atoms with Gasteiger partial charge in [0, 0.05) is 29.8 Å². The molecule has 1 heterocycles. The molecule has 0 bridgehead atoms. The number of aliphatic hydroxyl groups excluding tert-OH is 1. The van der Waals surface area contributed by atoms with Crippen molar-refractivity contribution in [2.24, 2.45) is 0 Å². The zero-order chi connectivity index (χ0) is 16.0. The third kappa shape index (κ3) is 4.86. The summed E-state index contributed by atoms with van der Waals surface area (Å²) in [5.74, 6) is 0.770. The van der Waals surface area contributed by atoms with Crippen molar-refractivity contribution in [3.8, 4) is 5.75 Å². The normalized spacial score (nSPS) is 13.1. The van der Waals surface area contributed by atoms with Crippen LogP contribution in [0.5, 0.6) is 5.75 Å². The van der Waals surface area contributed by atoms with Gasteiger partial charge in [-0.3, -0.25) is 5.10 Å². The number of para-hydroxylation sites is 1. The molecule has 0 fully saturated rings. The number of aliphatic hydroxyl groups is 1. The molecule has 120 valence electrons. The van der Waals surface area contributed by atoms with E-state index < -0.39 is 6.10 Å². The van der Waals surface area contributed by atoms with Gasteiger partial charge in [-0.2, -0.15) is 5.10 Å². The molecule has 5 nitrogen and oxygen atoms in total. The minimum Gasteiger partial charge on any atom is -0.491 e. The van der Waals surface area contributed by atoms with Crippen LogP contribution in [0.1, 0.15) is 32.0 Å². The lowest BCUT2D eigenvalue weighted by molar-refractivity contribution is 0.106. The fraction of sp³-hybridized carbons (Fsp3) is 0.471. The van der Waals surface area contributed by atoms with Crippen LogP contribution in [0.25, 0.3) is 0 Å². The van der Waals surface area contributed by atoms with E-state index in [0.29, 0.717) is 13.1 Å². The molecule has 1 aromatic carbocycles. The van der Waals surface area contributed by atoms with Crippen LogP contribution in [0.15, 0.2) is 36.5 Å². The Balaban J connectivity index is 1.73. The number of rotatable bonds is 7. The first-order chi connectivity index (χ1) is 10.5. The summed E-state index contributed by atoms with van der Waals surface area (Å²) in [6.45, 7) is 7.85. The minimum absolute atomic E-state index is 0.0303. The molecule has 1 aromatic heterocycles. The van der Waals surface area contributed by atoms with E-state index in [1.165, 1.54) is 0 Å². The van der Waals surface area contributed by atoms with Crippen molar-refractivity contribution < 1.29 is 9.84 Å². The van der Waals surface area contributed by atoms with Crippen LogP contribution >= 0.6 is 0 Å². The van der Waals surface area contributed by atoms with Crippen molar-refractivity contribution in [3.05, 3.63) is 47.8 Å². The summed E-state index contributed by atoms with van der Waals surface area (Å²) in [7, 11) is 0. The Morgan fingerprint density at radius 2 is 2.00 bits per heavy atom. The molecule has 0 aliphatic heterocycles. The molecule has 2 rings (SSSR count). The van der Waals surface area contributed by atoms with E-state index in [2.05, 4.69) is 36.3 Å². The molecule has 0 saturated carbocycles. The molecule has 3 N–H and O–H groups in total. The first kappa shape index (κ1) is 16.5. The lowest BCUT2D eigenvalue weighted by atomic mass is 9.89. The Kier molecular flexibility index (Phi) is 5.57. The topological polar surface area (TPSA) is 70.2 Å². The fourth-order valence-electron chi connectivity index (χ4n) is 2.24. The monoisotopic (exact) mass is 303 g/mol. The highest BCUT2D eigenvalue weighted by molar-refractivity contribution is 5.23. The highest BCUT2D eigenvalue weighted by Gasteiger charge is 2.19. The van der Waals surface area contributed by atoms with Crippen LogP contribution in [0.2, 0.25) is 0 Å². The Bertz CT molecular complexity index is 561. The molecular formula is C17H25N3O2. The molecule has 1 atom stereocenters. The Hall–Kier alpha value is -1.85. The number of hydrogen-bond donors (Lipinski definition) is 3. The predicted molar refractivity (Wildman–Crippen MR) is 86.9 cm³/mol. The van der Waals surface area contributed by atoms with Crippen LogP contribution in [-0.2, 0) is 12.0 Å². The van der Waals surface area contributed by atoms with E-state index in [4.69, 9.17) is 4.74 Å². The van der Waals surface area contributed by atoms with Gasteiger partial charge in [0.1, 0.15) is 18.5 Å². The average molecular weight is 303 g/mol. The number of aromatic nitrogens is 2. The van der Waals surface area contributed by atoms with Gasteiger partial charge < -0.3 is 15.2 Å². The second kappa shape index (κ2) is 7.42. The standard InChI is InChI=1S/C17H25N3O2/c1-17(2,3)16-13(10-19-20-16)9-18-11-14(21)12-22-15-7-5-4-6-8-15/h4-8,10,14,18,21H,9,11-12H2,1-3H3,(H,19,20)/t14-/m0/s1. The van der Waals surface area contributed by atoms with Gasteiger partial charge in [0.2, 0.25) is 0 Å². The lowest BCUT2D eigenvalue weighted by Gasteiger charge is -2.19. The number of ether oxygens (including phenoxy) is 1. The largest absolute Gasteiger partial charge is 0.491 e. The third-order valence-corrected chi connectivity index (χ3v) is 3.35. The van der Waals surface area contributed by atoms with Crippen LogP contribution in [0.4, 0.5) is 0 Å². The third-order valence-electron chi connectivity index (χ3n) is 3.35. The summed E-state index contributed by atoms with van der Waals surface area (Å²) in [5, 5.41) is 20.4. The Morgan fingerprint density at radius 3 is 2.68 bits per heavy atom. The summed E-state index contributed by atoms with van der Waals surface area (Å²) in [6.07, 6.45) is 1.28. The van der Waals surface area contributed by atoms with Crippen LogP contribution in [0, 0.1) is 0 Å². The number of nitrogens with zero attached hydrogens (tertiary/aromatic N) is 1. The van der Waals surface area contributed by atoms with Crippen LogP contribution in [-0.4, -0.2) is 34.6 Å². The number of nitrogens with one attached hydrogen (secondary N) is 2. The van der Waals surface area contributed by atoms with E-state index in [-0.39, 0.29) is 12.0 Å². The van der Waals surface area contributed by atoms with Gasteiger partial charge in [-0.15, -0.1) is 0 Å². The van der Waals surface area contributed by atoms with E-state index in [0.717, 1.165) is 17.0 Å². The maximum absolute atomic E-state index is 9.96. The van der Waals surface area contributed by atoms with Gasteiger partial charge in [0.15, 0.2) is 0 Å². The molecule has 0 unspecified atom stereocenters. The van der Waals surface area contributed by atoms with Crippen molar-refractivity contribution in [2.45, 2.75) is 38.8 Å². The van der Waals surface area contributed by atoms with E-state index >= 15 is 0 Å². The van der Waals surface area contributed by atoms with E-state index in [9.17, 15) is 5.11 Å². The van der Waals surface area contributed by atoms with Crippen molar-refractivity contribution in [1.82, 2.24) is 15.5 Å². The number of aromatic amines is 1. The first-order valence-corrected chi connectivity index (χ1v) is 7.56. The van der Waals surface area contributed by atoms with E-state index in [1.807, 2.05) is 36.5 Å². The van der Waals surface area contributed by atoms with Gasteiger partial charge in [0.25, 0.3) is 0 Å². The molecule has 0 radical (unpaired) electrons. The van der Waals surface area contributed by atoms with Crippen molar-refractivity contribution in [1.29, 1.82) is 0 Å². The predicted octanol–water partition coefficient (Wildman–Crippen LogP) is 2.24. The van der Waals surface area contributed by atoms with Crippen LogP contribution < -0.4 is 10.1 Å². The average Bonchev–Trinajstić information content (AvgIpc) is 2.95. The summed E-state index contributed by atoms with van der Waals surface area (Å²) in [4.78, 5) is 0. The Morgan fingerprint density at radius 1 is 1.27 bits per heavy atom. The summed E-state index contributed by atoms with van der Waals surface area (Å²) >= 11 is 0. The minimum atomic E-state index is -0.551. The molecule has 2 aromatic rings. The molecule has 0 aliphatic carbocycles. The summed E-state index contributed by atoms with van der Waals surface area (Å²) in [5.41, 5.74) is 2.28. The Labute approximate surface area is 131 Å². The van der Waals surface area contributed by atoms with Gasteiger partial charge >= 0.3 is 0 Å². The van der Waals surface area contributed by atoms with Gasteiger partial charge in [-0.25, -0.2) is 0 Å². The van der Waals surface area contributed by atoms with Crippen LogP contribution in [0.3, 0.4) is 0 Å². The highest BCUT2D eigenvalue weighted by Crippen LogP contribution is 2.23. The molecule has 22 heavy (non-hydrogen) atoms. The maximum Gasteiger partial charge on any atom is 0.119 e. The number of H-pyrrole nitrogens is 1. The second-order valence-corrected chi connectivity index (χ2v) is 6.43. The smallest absolute Gasteiger partial charge is 0.119 e. The first-order valence-electron chi connectivity index (χ1n) is 7.56. The van der Waals surface area contributed by atoms with Crippen molar-refractivity contribution in [2.75, 3.05) is 13.2 Å². The fourth-order valence-corrected chi connectivity index (χ4v) is 2.24. The molecular weight excluding hydrogens is 278 g/mol. The lowest BCUT2D eigenvalue weighted by Crippen LogP contribution is -2.31.